The van der Waals surface area contributed by atoms with Crippen molar-refractivity contribution in [3.63, 3.8) is 0 Å². The zero-order valence-corrected chi connectivity index (χ0v) is 14.6. The van der Waals surface area contributed by atoms with Crippen molar-refractivity contribution in [1.29, 1.82) is 0 Å². The molecule has 1 aromatic rings. The molecule has 0 aliphatic carbocycles. The lowest BCUT2D eigenvalue weighted by molar-refractivity contribution is 0.00578. The average Bonchev–Trinajstić information content (AvgIpc) is 2.67. The summed E-state index contributed by atoms with van der Waals surface area (Å²) in [5.41, 5.74) is 0.0538. The molecular weight excluding hydrogens is 279 g/mol. The lowest BCUT2D eigenvalue weighted by Gasteiger charge is -2.32. The predicted molar refractivity (Wildman–Crippen MR) is 89.1 cm³/mol. The molecule has 1 aliphatic rings. The first-order chi connectivity index (χ1) is 10.3. The van der Waals surface area contributed by atoms with E-state index >= 15 is 0 Å². The Bertz CT molecular complexity index is 497. The molecule has 122 valence electrons. The van der Waals surface area contributed by atoms with Crippen LogP contribution >= 0.6 is 0 Å². The van der Waals surface area contributed by atoms with Gasteiger partial charge in [0.1, 0.15) is 11.5 Å². The zero-order chi connectivity index (χ0) is 16.4. The topological polar surface area (TPSA) is 36.9 Å². The number of benzene rings is 1. The lowest BCUT2D eigenvalue weighted by atomic mass is 9.77. The normalized spacial score (nSPS) is 19.3. The highest BCUT2D eigenvalue weighted by atomic mass is 16.7. The maximum Gasteiger partial charge on any atom is 0.502 e. The van der Waals surface area contributed by atoms with Crippen LogP contribution in [0.4, 0.5) is 0 Å². The van der Waals surface area contributed by atoms with Crippen molar-refractivity contribution >= 4 is 12.6 Å². The van der Waals surface area contributed by atoms with Gasteiger partial charge in [0.25, 0.3) is 0 Å². The summed E-state index contributed by atoms with van der Waals surface area (Å²) < 4.78 is 23.7. The molecule has 0 N–H and O–H groups in total. The molecule has 4 nitrogen and oxygen atoms in total. The molecule has 2 rings (SSSR count). The van der Waals surface area contributed by atoms with Crippen molar-refractivity contribution in [2.45, 2.75) is 58.7 Å². The van der Waals surface area contributed by atoms with E-state index in [1.54, 1.807) is 7.11 Å². The largest absolute Gasteiger partial charge is 0.502 e. The van der Waals surface area contributed by atoms with Crippen LogP contribution in [0, 0.1) is 0 Å². The summed E-state index contributed by atoms with van der Waals surface area (Å²) in [4.78, 5) is 0. The second kappa shape index (κ2) is 6.51. The Hall–Kier alpha value is -1.20. The molecule has 1 aromatic carbocycles. The van der Waals surface area contributed by atoms with Gasteiger partial charge >= 0.3 is 7.12 Å². The van der Waals surface area contributed by atoms with Crippen molar-refractivity contribution in [1.82, 2.24) is 0 Å². The number of unbranched alkanes of at least 4 members (excludes halogenated alkanes) is 1. The minimum Gasteiger partial charge on any atom is -0.497 e. The third-order valence-electron chi connectivity index (χ3n) is 4.49. The quantitative estimate of drug-likeness (QED) is 0.597. The van der Waals surface area contributed by atoms with Crippen LogP contribution in [0.25, 0.3) is 0 Å². The molecule has 0 amide bonds. The third kappa shape index (κ3) is 3.25. The smallest absolute Gasteiger partial charge is 0.497 e. The number of rotatable bonds is 6. The Morgan fingerprint density at radius 2 is 1.64 bits per heavy atom. The highest BCUT2D eigenvalue weighted by Crippen LogP contribution is 2.38. The summed E-state index contributed by atoms with van der Waals surface area (Å²) in [5, 5.41) is 0. The summed E-state index contributed by atoms with van der Waals surface area (Å²) in [7, 11) is 1.16. The van der Waals surface area contributed by atoms with Gasteiger partial charge in [0.2, 0.25) is 0 Å². The fourth-order valence-corrected chi connectivity index (χ4v) is 2.35. The van der Waals surface area contributed by atoms with E-state index in [1.807, 2.05) is 45.9 Å². The molecule has 1 heterocycles. The Morgan fingerprint density at radius 3 is 2.18 bits per heavy atom. The maximum atomic E-state index is 6.16. The van der Waals surface area contributed by atoms with Crippen LogP contribution in [0.2, 0.25) is 0 Å². The molecule has 0 saturated carbocycles. The van der Waals surface area contributed by atoms with Gasteiger partial charge in [-0.15, -0.1) is 0 Å². The summed E-state index contributed by atoms with van der Waals surface area (Å²) in [6, 6.07) is 5.78. The van der Waals surface area contributed by atoms with E-state index < -0.39 is 7.12 Å². The Morgan fingerprint density at radius 1 is 1.05 bits per heavy atom. The predicted octanol–water partition coefficient (Wildman–Crippen LogP) is 3.17. The van der Waals surface area contributed by atoms with Crippen LogP contribution in [0.1, 0.15) is 47.5 Å². The van der Waals surface area contributed by atoms with Crippen molar-refractivity contribution in [2.24, 2.45) is 0 Å². The maximum absolute atomic E-state index is 6.16. The molecule has 22 heavy (non-hydrogen) atoms. The molecule has 1 fully saturated rings. The number of hydrogen-bond donors (Lipinski definition) is 0. The number of methoxy groups -OCH3 is 1. The SMILES string of the molecule is CCCCOc1cccc(OC)c1B1OC(C)(C)C(C)(C)O1. The Kier molecular flexibility index (Phi) is 5.08. The van der Waals surface area contributed by atoms with Crippen molar-refractivity contribution in [3.8, 4) is 11.5 Å². The molecule has 5 heteroatoms. The Balaban J connectivity index is 2.33. The summed E-state index contributed by atoms with van der Waals surface area (Å²) >= 11 is 0. The lowest BCUT2D eigenvalue weighted by Crippen LogP contribution is -2.41. The standard InChI is InChI=1S/C17H27BO4/c1-7-8-12-20-14-11-9-10-13(19-6)15(14)18-21-16(2,3)17(4,5)22-18/h9-11H,7-8,12H2,1-6H3. The van der Waals surface area contributed by atoms with E-state index in [9.17, 15) is 0 Å². The van der Waals surface area contributed by atoms with Gasteiger partial charge in [0.15, 0.2) is 0 Å². The van der Waals surface area contributed by atoms with Gasteiger partial charge in [0, 0.05) is 0 Å². The molecule has 0 spiro atoms. The highest BCUT2D eigenvalue weighted by molar-refractivity contribution is 6.64. The van der Waals surface area contributed by atoms with Crippen LogP contribution in [0.3, 0.4) is 0 Å². The van der Waals surface area contributed by atoms with E-state index in [0.717, 1.165) is 29.8 Å². The van der Waals surface area contributed by atoms with Crippen LogP contribution in [0.15, 0.2) is 18.2 Å². The van der Waals surface area contributed by atoms with E-state index in [4.69, 9.17) is 18.8 Å². The summed E-state index contributed by atoms with van der Waals surface area (Å²) in [5.74, 6) is 1.50. The van der Waals surface area contributed by atoms with Crippen molar-refractivity contribution < 1.29 is 18.8 Å². The fraction of sp³-hybridized carbons (Fsp3) is 0.647. The van der Waals surface area contributed by atoms with Gasteiger partial charge in [0.05, 0.1) is 30.4 Å². The molecular formula is C17H27BO4. The average molecular weight is 306 g/mol. The first-order valence-electron chi connectivity index (χ1n) is 7.97. The van der Waals surface area contributed by atoms with Gasteiger partial charge in [-0.25, -0.2) is 0 Å². The molecule has 0 atom stereocenters. The number of hydrogen-bond acceptors (Lipinski definition) is 4. The third-order valence-corrected chi connectivity index (χ3v) is 4.49. The molecule has 1 aliphatic heterocycles. The molecule has 0 aromatic heterocycles. The summed E-state index contributed by atoms with van der Waals surface area (Å²) in [6.07, 6.45) is 2.11. The number of ether oxygens (including phenoxy) is 2. The van der Waals surface area contributed by atoms with Gasteiger partial charge in [-0.2, -0.15) is 0 Å². The van der Waals surface area contributed by atoms with Gasteiger partial charge in [-0.3, -0.25) is 0 Å². The fourth-order valence-electron chi connectivity index (χ4n) is 2.35. The van der Waals surface area contributed by atoms with Crippen LogP contribution < -0.4 is 14.9 Å². The minimum absolute atomic E-state index is 0.390. The first kappa shape index (κ1) is 17.2. The second-order valence-corrected chi connectivity index (χ2v) is 6.66. The van der Waals surface area contributed by atoms with E-state index in [-0.39, 0.29) is 11.2 Å². The van der Waals surface area contributed by atoms with E-state index in [0.29, 0.717) is 6.61 Å². The minimum atomic E-state index is -0.488. The van der Waals surface area contributed by atoms with Crippen LogP contribution in [0.5, 0.6) is 11.5 Å². The molecule has 0 radical (unpaired) electrons. The van der Waals surface area contributed by atoms with Gasteiger partial charge in [-0.1, -0.05) is 19.4 Å². The summed E-state index contributed by atoms with van der Waals surface area (Å²) in [6.45, 7) is 11.0. The van der Waals surface area contributed by atoms with Crippen LogP contribution in [-0.4, -0.2) is 32.0 Å². The highest BCUT2D eigenvalue weighted by Gasteiger charge is 2.53. The second-order valence-electron chi connectivity index (χ2n) is 6.66. The van der Waals surface area contributed by atoms with Crippen molar-refractivity contribution in [2.75, 3.05) is 13.7 Å². The van der Waals surface area contributed by atoms with Gasteiger partial charge in [-0.05, 0) is 46.2 Å². The van der Waals surface area contributed by atoms with E-state index in [1.165, 1.54) is 0 Å². The monoisotopic (exact) mass is 306 g/mol. The van der Waals surface area contributed by atoms with Gasteiger partial charge < -0.3 is 18.8 Å². The first-order valence-corrected chi connectivity index (χ1v) is 7.97. The Labute approximate surface area is 134 Å². The van der Waals surface area contributed by atoms with Crippen molar-refractivity contribution in [3.05, 3.63) is 18.2 Å². The zero-order valence-electron chi connectivity index (χ0n) is 14.6. The molecule has 0 unspecified atom stereocenters. The molecule has 1 saturated heterocycles. The van der Waals surface area contributed by atoms with E-state index in [2.05, 4.69) is 6.92 Å². The van der Waals surface area contributed by atoms with Crippen LogP contribution in [-0.2, 0) is 9.31 Å². The molecule has 0 bridgehead atoms.